The van der Waals surface area contributed by atoms with Gasteiger partial charge in [0.2, 0.25) is 29.1 Å². The van der Waals surface area contributed by atoms with Crippen LogP contribution in [0.25, 0.3) is 0 Å². The topological polar surface area (TPSA) is 141 Å². The van der Waals surface area contributed by atoms with Crippen LogP contribution in [0.4, 0.5) is 0 Å². The zero-order valence-corrected chi connectivity index (χ0v) is 16.6. The van der Waals surface area contributed by atoms with E-state index in [1.165, 1.54) is 6.07 Å². The summed E-state index contributed by atoms with van der Waals surface area (Å²) in [6.45, 7) is 4.63. The monoisotopic (exact) mass is 407 g/mol. The lowest BCUT2D eigenvalue weighted by atomic mass is 10.2. The lowest BCUT2D eigenvalue weighted by Crippen LogP contribution is -2.58. The van der Waals surface area contributed by atoms with Crippen molar-refractivity contribution in [2.75, 3.05) is 32.7 Å². The van der Waals surface area contributed by atoms with Crippen molar-refractivity contribution in [1.82, 2.24) is 25.0 Å². The molecule has 1 aromatic heterocycles. The zero-order valence-electron chi connectivity index (χ0n) is 16.6. The predicted molar refractivity (Wildman–Crippen MR) is 102 cm³/mol. The van der Waals surface area contributed by atoms with Gasteiger partial charge in [-0.15, -0.1) is 0 Å². The normalized spacial score (nSPS) is 19.1. The molecule has 3 heterocycles. The number of rotatable bonds is 3. The van der Waals surface area contributed by atoms with Crippen molar-refractivity contribution >= 4 is 23.6 Å². The van der Waals surface area contributed by atoms with Gasteiger partial charge in [0.15, 0.2) is 5.75 Å². The number of amides is 4. The van der Waals surface area contributed by atoms with Crippen LogP contribution in [0.2, 0.25) is 0 Å². The van der Waals surface area contributed by atoms with E-state index in [0.29, 0.717) is 12.2 Å². The van der Waals surface area contributed by atoms with Crippen molar-refractivity contribution in [3.8, 4) is 5.75 Å². The number of nitrogens with one attached hydrogen (secondary N) is 2. The molecule has 11 nitrogen and oxygen atoms in total. The van der Waals surface area contributed by atoms with E-state index in [1.807, 2.05) is 6.92 Å². The maximum atomic E-state index is 11.3. The van der Waals surface area contributed by atoms with Gasteiger partial charge in [0.1, 0.15) is 0 Å². The van der Waals surface area contributed by atoms with E-state index in [2.05, 4.69) is 10.6 Å². The number of carbonyl (C=O) groups excluding carboxylic acids is 4. The van der Waals surface area contributed by atoms with E-state index in [9.17, 15) is 24.0 Å². The third-order valence-electron chi connectivity index (χ3n) is 4.69. The Kier molecular flexibility index (Phi) is 7.23. The Morgan fingerprint density at radius 1 is 0.966 bits per heavy atom. The minimum atomic E-state index is -0.324. The zero-order chi connectivity index (χ0) is 21.7. The number of aryl methyl sites for hydroxylation is 1. The van der Waals surface area contributed by atoms with Crippen molar-refractivity contribution in [2.24, 2.45) is 7.05 Å². The van der Waals surface area contributed by atoms with Crippen LogP contribution in [-0.2, 0) is 26.2 Å². The summed E-state index contributed by atoms with van der Waals surface area (Å²) < 4.78 is 1.69. The van der Waals surface area contributed by atoms with Gasteiger partial charge in [0.25, 0.3) is 0 Å². The van der Waals surface area contributed by atoms with E-state index in [1.54, 1.807) is 34.5 Å². The fourth-order valence-corrected chi connectivity index (χ4v) is 3.00. The Balaban J connectivity index is 0.000000253. The van der Waals surface area contributed by atoms with Crippen LogP contribution in [0.15, 0.2) is 17.1 Å². The van der Waals surface area contributed by atoms with Gasteiger partial charge in [0, 0.05) is 31.9 Å². The first-order chi connectivity index (χ1) is 13.6. The second kappa shape index (κ2) is 9.43. The largest absolute Gasteiger partial charge is 0.503 e. The first kappa shape index (κ1) is 22.2. The average molecular weight is 407 g/mol. The minimum Gasteiger partial charge on any atom is -0.503 e. The number of aromatic hydroxyl groups is 1. The van der Waals surface area contributed by atoms with Gasteiger partial charge in [-0.1, -0.05) is 0 Å². The summed E-state index contributed by atoms with van der Waals surface area (Å²) in [7, 11) is 1.77. The van der Waals surface area contributed by atoms with Crippen LogP contribution >= 0.6 is 0 Å². The molecule has 1 aromatic rings. The van der Waals surface area contributed by atoms with Gasteiger partial charge in [-0.2, -0.15) is 0 Å². The Labute approximate surface area is 167 Å². The van der Waals surface area contributed by atoms with Crippen LogP contribution in [0.5, 0.6) is 5.75 Å². The highest BCUT2D eigenvalue weighted by Crippen LogP contribution is 2.07. The quantitative estimate of drug-likeness (QED) is 0.475. The molecule has 3 rings (SSSR count). The van der Waals surface area contributed by atoms with Crippen LogP contribution in [0.1, 0.15) is 12.6 Å². The van der Waals surface area contributed by atoms with Crippen molar-refractivity contribution in [2.45, 2.75) is 19.9 Å². The highest BCUT2D eigenvalue weighted by molar-refractivity contribution is 6.00. The molecule has 1 atom stereocenters. The molecule has 2 aliphatic rings. The third kappa shape index (κ3) is 6.22. The van der Waals surface area contributed by atoms with Crippen molar-refractivity contribution in [1.29, 1.82) is 0 Å². The number of imide groups is 2. The first-order valence-electron chi connectivity index (χ1n) is 9.03. The molecule has 29 heavy (non-hydrogen) atoms. The van der Waals surface area contributed by atoms with Crippen molar-refractivity contribution in [3.63, 3.8) is 0 Å². The highest BCUT2D eigenvalue weighted by atomic mass is 16.3. The maximum absolute atomic E-state index is 11.3. The molecule has 0 aliphatic carbocycles. The summed E-state index contributed by atoms with van der Waals surface area (Å²) in [5.41, 5.74) is 0.267. The summed E-state index contributed by atoms with van der Waals surface area (Å²) in [6, 6.07) is 1.25. The fraction of sp³-hybridized carbons (Fsp3) is 0.500. The lowest BCUT2D eigenvalue weighted by Gasteiger charge is -2.35. The summed E-state index contributed by atoms with van der Waals surface area (Å²) in [4.78, 5) is 59.2. The highest BCUT2D eigenvalue weighted by Gasteiger charge is 2.29. The summed E-state index contributed by atoms with van der Waals surface area (Å²) >= 11 is 0. The Morgan fingerprint density at radius 2 is 1.45 bits per heavy atom. The molecule has 3 N–H and O–H groups in total. The summed E-state index contributed by atoms with van der Waals surface area (Å²) in [6.07, 6.45) is 1.62. The number of pyridine rings is 1. The smallest absolute Gasteiger partial charge is 0.240 e. The molecular weight excluding hydrogens is 382 g/mol. The molecule has 0 aromatic carbocycles. The van der Waals surface area contributed by atoms with Crippen LogP contribution < -0.4 is 16.1 Å². The number of hydrogen-bond donors (Lipinski definition) is 3. The van der Waals surface area contributed by atoms with Crippen molar-refractivity contribution < 1.29 is 24.3 Å². The van der Waals surface area contributed by atoms with E-state index in [0.717, 1.165) is 0 Å². The van der Waals surface area contributed by atoms with Gasteiger partial charge >= 0.3 is 0 Å². The number of hydrogen-bond acceptors (Lipinski definition) is 8. The number of aromatic nitrogens is 1. The second-order valence-electron chi connectivity index (χ2n) is 7.09. The van der Waals surface area contributed by atoms with Gasteiger partial charge in [-0.25, -0.2) is 0 Å². The fourth-order valence-electron chi connectivity index (χ4n) is 3.00. The first-order valence-corrected chi connectivity index (χ1v) is 9.03. The molecule has 1 unspecified atom stereocenters. The SMILES string of the molecule is CC(CN1CC(=O)NC(=O)C1)N1CC(=O)NC(=O)C1.Cc1c(O)c(=O)ccn1C. The van der Waals surface area contributed by atoms with Crippen LogP contribution in [0.3, 0.4) is 0 Å². The molecule has 11 heteroatoms. The van der Waals surface area contributed by atoms with E-state index in [-0.39, 0.29) is 67.0 Å². The molecule has 0 radical (unpaired) electrons. The van der Waals surface area contributed by atoms with Gasteiger partial charge in [0.05, 0.1) is 31.9 Å². The molecule has 4 amide bonds. The number of nitrogens with zero attached hydrogens (tertiary/aromatic N) is 3. The molecule has 0 saturated carbocycles. The Morgan fingerprint density at radius 3 is 1.93 bits per heavy atom. The Bertz CT molecular complexity index is 848. The van der Waals surface area contributed by atoms with E-state index in [4.69, 9.17) is 5.11 Å². The number of carbonyl (C=O) groups is 4. The molecular formula is C18H25N5O6. The van der Waals surface area contributed by atoms with Gasteiger partial charge in [-0.05, 0) is 13.8 Å². The maximum Gasteiger partial charge on any atom is 0.240 e. The average Bonchev–Trinajstić information content (AvgIpc) is 2.62. The predicted octanol–water partition coefficient (Wildman–Crippen LogP) is -2.31. The lowest BCUT2D eigenvalue weighted by molar-refractivity contribution is -0.140. The van der Waals surface area contributed by atoms with Crippen molar-refractivity contribution in [3.05, 3.63) is 28.2 Å². The second-order valence-corrected chi connectivity index (χ2v) is 7.09. The molecule has 2 aliphatic heterocycles. The third-order valence-corrected chi connectivity index (χ3v) is 4.69. The van der Waals surface area contributed by atoms with Crippen LogP contribution in [-0.4, -0.2) is 81.9 Å². The molecule has 2 fully saturated rings. The summed E-state index contributed by atoms with van der Waals surface area (Å²) in [5.74, 6) is -1.46. The van der Waals surface area contributed by atoms with E-state index < -0.39 is 0 Å². The molecule has 0 bridgehead atoms. The van der Waals surface area contributed by atoms with Crippen LogP contribution in [0, 0.1) is 6.92 Å². The standard InChI is InChI=1S/C11H16N4O4.C7H9NO2/c1-7(15-5-10(18)13-11(19)6-15)2-14-3-8(16)12-9(17)4-14;1-5-7(10)6(9)3-4-8(5)2/h7H,2-6H2,1H3,(H,12,16,17)(H,13,18,19);3-4,10H,1-2H3. The minimum absolute atomic E-state index is 0.0892. The van der Waals surface area contributed by atoms with Gasteiger partial charge in [-0.3, -0.25) is 44.4 Å². The molecule has 158 valence electrons. The number of piperazine rings is 2. The summed E-state index contributed by atoms with van der Waals surface area (Å²) in [5, 5.41) is 13.5. The van der Waals surface area contributed by atoms with Gasteiger partial charge < -0.3 is 9.67 Å². The molecule has 2 saturated heterocycles. The Hall–Kier alpha value is -3.05. The van der Waals surface area contributed by atoms with E-state index >= 15 is 0 Å². The molecule has 0 spiro atoms.